The van der Waals surface area contributed by atoms with Gasteiger partial charge in [0.2, 0.25) is 0 Å². The van der Waals surface area contributed by atoms with E-state index in [9.17, 15) is 4.79 Å². The average Bonchev–Trinajstić information content (AvgIpc) is 3.44. The van der Waals surface area contributed by atoms with Crippen molar-refractivity contribution in [3.8, 4) is 11.5 Å². The summed E-state index contributed by atoms with van der Waals surface area (Å²) in [6, 6.07) is 33.1. The van der Waals surface area contributed by atoms with Crippen LogP contribution in [0.3, 0.4) is 0 Å². The van der Waals surface area contributed by atoms with Crippen LogP contribution < -0.4 is 9.57 Å². The first-order valence-electron chi connectivity index (χ1n) is 13.9. The van der Waals surface area contributed by atoms with Gasteiger partial charge in [0.15, 0.2) is 11.9 Å². The topological polar surface area (TPSA) is 84.2 Å². The maximum Gasteiger partial charge on any atom is 0.335 e. The second kappa shape index (κ2) is 14.1. The molecule has 42 heavy (non-hydrogen) atoms. The van der Waals surface area contributed by atoms with E-state index in [0.29, 0.717) is 43.3 Å². The predicted molar refractivity (Wildman–Crippen MR) is 162 cm³/mol. The quantitative estimate of drug-likeness (QED) is 0.0983. The molecular formula is C34H33N3O5. The summed E-state index contributed by atoms with van der Waals surface area (Å²) in [5.41, 5.74) is 4.05. The number of benzene rings is 3. The zero-order valence-electron chi connectivity index (χ0n) is 23.7. The molecule has 5 aromatic rings. The fraction of sp³-hybridized carbons (Fsp3) is 0.206. The van der Waals surface area contributed by atoms with E-state index in [4.69, 9.17) is 24.0 Å². The second-order valence-electron chi connectivity index (χ2n) is 9.49. The van der Waals surface area contributed by atoms with E-state index in [2.05, 4.69) is 9.72 Å². The molecule has 0 N–H and O–H groups in total. The van der Waals surface area contributed by atoms with Crippen molar-refractivity contribution in [2.75, 3.05) is 20.3 Å². The standard InChI is InChI=1S/C34H33N3O5/c1-3-40-31(34(38)39-2)24-25-14-17-28(18-15-25)41-23-22-37-21-20-27-16-19-30(35-33(27)37)32(26-10-6-4-7-11-26)36-42-29-12-8-5-9-13-29/h4-21,31H,3,22-24H2,1-2H3/b36-32-. The van der Waals surface area contributed by atoms with Gasteiger partial charge in [0.25, 0.3) is 0 Å². The zero-order chi connectivity index (χ0) is 29.1. The van der Waals surface area contributed by atoms with Crippen LogP contribution in [0.15, 0.2) is 114 Å². The minimum atomic E-state index is -0.622. The van der Waals surface area contributed by atoms with Gasteiger partial charge in [-0.3, -0.25) is 0 Å². The monoisotopic (exact) mass is 563 g/mol. The molecule has 0 fully saturated rings. The van der Waals surface area contributed by atoms with Gasteiger partial charge in [0, 0.05) is 30.2 Å². The van der Waals surface area contributed by atoms with Gasteiger partial charge in [0.1, 0.15) is 23.7 Å². The largest absolute Gasteiger partial charge is 0.492 e. The Labute approximate surface area is 245 Å². The van der Waals surface area contributed by atoms with Crippen LogP contribution in [0.4, 0.5) is 0 Å². The number of esters is 1. The van der Waals surface area contributed by atoms with Crippen LogP contribution in [0.1, 0.15) is 23.7 Å². The Bertz CT molecular complexity index is 1620. The Morgan fingerprint density at radius 3 is 2.33 bits per heavy atom. The molecule has 0 saturated carbocycles. The fourth-order valence-electron chi connectivity index (χ4n) is 4.54. The molecule has 0 saturated heterocycles. The molecule has 0 amide bonds. The maximum atomic E-state index is 12.0. The Morgan fingerprint density at radius 1 is 0.881 bits per heavy atom. The Hall–Kier alpha value is -4.95. The van der Waals surface area contributed by atoms with E-state index in [1.165, 1.54) is 7.11 Å². The minimum absolute atomic E-state index is 0.376. The molecule has 2 heterocycles. The van der Waals surface area contributed by atoms with Gasteiger partial charge in [-0.1, -0.05) is 65.8 Å². The number of fused-ring (bicyclic) bond motifs is 1. The third-order valence-electron chi connectivity index (χ3n) is 6.66. The lowest BCUT2D eigenvalue weighted by Crippen LogP contribution is -2.28. The highest BCUT2D eigenvalue weighted by Gasteiger charge is 2.20. The van der Waals surface area contributed by atoms with Crippen molar-refractivity contribution in [2.45, 2.75) is 26.0 Å². The molecule has 214 valence electrons. The number of carbonyl (C=O) groups is 1. The van der Waals surface area contributed by atoms with Crippen molar-refractivity contribution in [3.05, 3.63) is 126 Å². The smallest absolute Gasteiger partial charge is 0.335 e. The molecule has 1 unspecified atom stereocenters. The highest BCUT2D eigenvalue weighted by Crippen LogP contribution is 2.19. The lowest BCUT2D eigenvalue weighted by atomic mass is 10.1. The van der Waals surface area contributed by atoms with Gasteiger partial charge in [0.05, 0.1) is 19.3 Å². The van der Waals surface area contributed by atoms with E-state index >= 15 is 0 Å². The molecular weight excluding hydrogens is 530 g/mol. The van der Waals surface area contributed by atoms with Crippen LogP contribution in [-0.4, -0.2) is 47.7 Å². The van der Waals surface area contributed by atoms with Crippen LogP contribution in [0.5, 0.6) is 11.5 Å². The van der Waals surface area contributed by atoms with Crippen LogP contribution >= 0.6 is 0 Å². The normalized spacial score (nSPS) is 12.2. The first-order chi connectivity index (χ1) is 20.6. The van der Waals surface area contributed by atoms with Crippen LogP contribution in [0.25, 0.3) is 11.0 Å². The molecule has 8 nitrogen and oxygen atoms in total. The highest BCUT2D eigenvalue weighted by molar-refractivity contribution is 6.12. The Kier molecular flexibility index (Phi) is 9.59. The summed E-state index contributed by atoms with van der Waals surface area (Å²) in [5, 5.41) is 5.52. The Balaban J connectivity index is 1.28. The number of methoxy groups -OCH3 is 1. The van der Waals surface area contributed by atoms with Gasteiger partial charge in [-0.05, 0) is 55.0 Å². The number of ether oxygens (including phenoxy) is 3. The number of pyridine rings is 1. The van der Waals surface area contributed by atoms with Crippen molar-refractivity contribution >= 4 is 22.7 Å². The number of rotatable bonds is 13. The first kappa shape index (κ1) is 28.6. The Morgan fingerprint density at radius 2 is 1.62 bits per heavy atom. The molecule has 3 aromatic carbocycles. The average molecular weight is 564 g/mol. The SMILES string of the molecule is CCOC(Cc1ccc(OCCn2ccc3ccc(/C(=N\Oc4ccccc4)c4ccccc4)nc32)cc1)C(=O)OC. The van der Waals surface area contributed by atoms with Gasteiger partial charge in [-0.2, -0.15) is 0 Å². The van der Waals surface area contributed by atoms with E-state index in [1.807, 2.05) is 116 Å². The molecule has 0 aliphatic heterocycles. The summed E-state index contributed by atoms with van der Waals surface area (Å²) in [6.45, 7) is 3.35. The molecule has 0 spiro atoms. The summed E-state index contributed by atoms with van der Waals surface area (Å²) in [6.07, 6.45) is 1.83. The number of oxime groups is 1. The lowest BCUT2D eigenvalue weighted by molar-refractivity contribution is -0.153. The molecule has 0 bridgehead atoms. The number of hydrogen-bond donors (Lipinski definition) is 0. The van der Waals surface area contributed by atoms with Crippen molar-refractivity contribution in [1.29, 1.82) is 0 Å². The number of carbonyl (C=O) groups excluding carboxylic acids is 1. The van der Waals surface area contributed by atoms with Crippen LogP contribution in [0, 0.1) is 0 Å². The molecule has 0 aliphatic carbocycles. The third kappa shape index (κ3) is 7.21. The van der Waals surface area contributed by atoms with E-state index in [0.717, 1.165) is 27.9 Å². The molecule has 0 aliphatic rings. The van der Waals surface area contributed by atoms with E-state index in [-0.39, 0.29) is 5.97 Å². The number of para-hydroxylation sites is 1. The molecule has 1 atom stereocenters. The van der Waals surface area contributed by atoms with Crippen LogP contribution in [-0.2, 0) is 27.2 Å². The van der Waals surface area contributed by atoms with Crippen molar-refractivity contribution in [2.24, 2.45) is 5.16 Å². The lowest BCUT2D eigenvalue weighted by Gasteiger charge is -2.15. The number of hydrogen-bond acceptors (Lipinski definition) is 7. The van der Waals surface area contributed by atoms with E-state index in [1.54, 1.807) is 0 Å². The first-order valence-corrected chi connectivity index (χ1v) is 13.9. The van der Waals surface area contributed by atoms with Gasteiger partial charge >= 0.3 is 5.97 Å². The number of nitrogens with zero attached hydrogens (tertiary/aromatic N) is 3. The molecule has 2 aromatic heterocycles. The van der Waals surface area contributed by atoms with Gasteiger partial charge in [-0.25, -0.2) is 9.78 Å². The molecule has 0 radical (unpaired) electrons. The summed E-state index contributed by atoms with van der Waals surface area (Å²) < 4.78 is 18.5. The molecule has 5 rings (SSSR count). The van der Waals surface area contributed by atoms with Gasteiger partial charge in [-0.15, -0.1) is 0 Å². The van der Waals surface area contributed by atoms with Crippen LogP contribution in [0.2, 0.25) is 0 Å². The highest BCUT2D eigenvalue weighted by atomic mass is 16.6. The van der Waals surface area contributed by atoms with Crippen molar-refractivity contribution < 1.29 is 23.8 Å². The van der Waals surface area contributed by atoms with Gasteiger partial charge < -0.3 is 23.6 Å². The van der Waals surface area contributed by atoms with E-state index < -0.39 is 6.10 Å². The minimum Gasteiger partial charge on any atom is -0.492 e. The number of aromatic nitrogens is 2. The predicted octanol–water partition coefficient (Wildman–Crippen LogP) is 6.07. The summed E-state index contributed by atoms with van der Waals surface area (Å²) in [5.74, 6) is 1.02. The summed E-state index contributed by atoms with van der Waals surface area (Å²) in [7, 11) is 1.37. The summed E-state index contributed by atoms with van der Waals surface area (Å²) >= 11 is 0. The maximum absolute atomic E-state index is 12.0. The molecule has 8 heteroatoms. The zero-order valence-corrected chi connectivity index (χ0v) is 23.7. The fourth-order valence-corrected chi connectivity index (χ4v) is 4.54. The third-order valence-corrected chi connectivity index (χ3v) is 6.66. The van der Waals surface area contributed by atoms with Crippen molar-refractivity contribution in [3.63, 3.8) is 0 Å². The van der Waals surface area contributed by atoms with Crippen molar-refractivity contribution in [1.82, 2.24) is 9.55 Å². The summed E-state index contributed by atoms with van der Waals surface area (Å²) in [4.78, 5) is 22.7. The second-order valence-corrected chi connectivity index (χ2v) is 9.49.